The Bertz CT molecular complexity index is 320. The molecule has 0 bridgehead atoms. The zero-order chi connectivity index (χ0) is 10.0. The van der Waals surface area contributed by atoms with E-state index in [0.29, 0.717) is 0 Å². The average Bonchev–Trinajstić information content (AvgIpc) is 2.09. The first kappa shape index (κ1) is 10.6. The highest BCUT2D eigenvalue weighted by Gasteiger charge is 2.17. The molecule has 72 valence electrons. The number of nitrogens with zero attached hydrogens (tertiary/aromatic N) is 1. The average molecular weight is 228 g/mol. The van der Waals surface area contributed by atoms with Gasteiger partial charge in [-0.25, -0.2) is 8.78 Å². The summed E-state index contributed by atoms with van der Waals surface area (Å²) in [6, 6.07) is 0. The third-order valence-electron chi connectivity index (χ3n) is 1.44. The zero-order valence-electron chi connectivity index (χ0n) is 6.27. The van der Waals surface area contributed by atoms with Crippen molar-refractivity contribution in [1.29, 1.82) is 0 Å². The Morgan fingerprint density at radius 3 is 2.46 bits per heavy atom. The van der Waals surface area contributed by atoms with Crippen molar-refractivity contribution in [2.45, 2.75) is 13.0 Å². The highest BCUT2D eigenvalue weighted by molar-refractivity contribution is 6.42. The SMILES string of the molecule is OCc1cnc(C(F)F)c(Cl)c1Cl. The summed E-state index contributed by atoms with van der Waals surface area (Å²) < 4.78 is 24.4. The lowest BCUT2D eigenvalue weighted by atomic mass is 10.2. The highest BCUT2D eigenvalue weighted by atomic mass is 35.5. The molecule has 0 radical (unpaired) electrons. The van der Waals surface area contributed by atoms with Gasteiger partial charge in [0.15, 0.2) is 0 Å². The molecule has 2 nitrogen and oxygen atoms in total. The summed E-state index contributed by atoms with van der Waals surface area (Å²) in [5.74, 6) is 0. The van der Waals surface area contributed by atoms with E-state index < -0.39 is 12.1 Å². The van der Waals surface area contributed by atoms with E-state index in [1.165, 1.54) is 0 Å². The molecule has 0 fully saturated rings. The zero-order valence-corrected chi connectivity index (χ0v) is 7.78. The van der Waals surface area contributed by atoms with Gasteiger partial charge < -0.3 is 5.11 Å². The van der Waals surface area contributed by atoms with Crippen LogP contribution in [-0.2, 0) is 6.61 Å². The molecule has 0 aliphatic carbocycles. The summed E-state index contributed by atoms with van der Waals surface area (Å²) in [7, 11) is 0. The molecular weight excluding hydrogens is 223 g/mol. The van der Waals surface area contributed by atoms with Crippen LogP contribution in [0.2, 0.25) is 10.0 Å². The first-order chi connectivity index (χ1) is 6.07. The normalized spacial score (nSPS) is 10.9. The predicted molar refractivity (Wildman–Crippen MR) is 45.1 cm³/mol. The molecule has 0 spiro atoms. The lowest BCUT2D eigenvalue weighted by molar-refractivity contribution is 0.146. The molecule has 6 heteroatoms. The van der Waals surface area contributed by atoms with E-state index in [9.17, 15) is 8.78 Å². The number of aliphatic hydroxyl groups excluding tert-OH is 1. The van der Waals surface area contributed by atoms with Gasteiger partial charge in [0, 0.05) is 11.8 Å². The van der Waals surface area contributed by atoms with Crippen molar-refractivity contribution in [3.63, 3.8) is 0 Å². The van der Waals surface area contributed by atoms with Gasteiger partial charge in [0.1, 0.15) is 5.69 Å². The monoisotopic (exact) mass is 227 g/mol. The van der Waals surface area contributed by atoms with Crippen LogP contribution in [0.1, 0.15) is 17.7 Å². The largest absolute Gasteiger partial charge is 0.392 e. The third kappa shape index (κ3) is 2.07. The van der Waals surface area contributed by atoms with Gasteiger partial charge in [0.2, 0.25) is 0 Å². The molecule has 0 aliphatic rings. The molecule has 1 heterocycles. The molecule has 1 aromatic rings. The minimum absolute atomic E-state index is 0.0746. The van der Waals surface area contributed by atoms with E-state index in [1.54, 1.807) is 0 Å². The van der Waals surface area contributed by atoms with Crippen molar-refractivity contribution in [3.8, 4) is 0 Å². The summed E-state index contributed by atoms with van der Waals surface area (Å²) in [4.78, 5) is 3.38. The first-order valence-electron chi connectivity index (χ1n) is 3.29. The third-order valence-corrected chi connectivity index (χ3v) is 2.35. The lowest BCUT2D eigenvalue weighted by Gasteiger charge is -2.06. The fraction of sp³-hybridized carbons (Fsp3) is 0.286. The molecule has 0 atom stereocenters. The minimum atomic E-state index is -2.77. The van der Waals surface area contributed by atoms with Gasteiger partial charge in [0.05, 0.1) is 16.7 Å². The molecule has 0 aromatic carbocycles. The van der Waals surface area contributed by atoms with Gasteiger partial charge >= 0.3 is 0 Å². The number of rotatable bonds is 2. The van der Waals surface area contributed by atoms with E-state index in [-0.39, 0.29) is 22.2 Å². The summed E-state index contributed by atoms with van der Waals surface area (Å²) in [5, 5.41) is 8.32. The van der Waals surface area contributed by atoms with Crippen LogP contribution in [-0.4, -0.2) is 10.1 Å². The maximum Gasteiger partial charge on any atom is 0.281 e. The van der Waals surface area contributed by atoms with E-state index in [0.717, 1.165) is 6.20 Å². The van der Waals surface area contributed by atoms with Crippen molar-refractivity contribution in [2.24, 2.45) is 0 Å². The van der Waals surface area contributed by atoms with Gasteiger partial charge in [-0.2, -0.15) is 0 Å². The molecule has 1 rings (SSSR count). The van der Waals surface area contributed by atoms with Gasteiger partial charge in [-0.05, 0) is 0 Å². The lowest BCUT2D eigenvalue weighted by Crippen LogP contribution is -1.96. The van der Waals surface area contributed by atoms with Crippen molar-refractivity contribution >= 4 is 23.2 Å². The maximum absolute atomic E-state index is 12.2. The Morgan fingerprint density at radius 1 is 1.38 bits per heavy atom. The van der Waals surface area contributed by atoms with Gasteiger partial charge in [-0.3, -0.25) is 4.98 Å². The number of halogens is 4. The Hall–Kier alpha value is -0.450. The van der Waals surface area contributed by atoms with Crippen molar-refractivity contribution in [3.05, 3.63) is 27.5 Å². The second-order valence-electron chi connectivity index (χ2n) is 2.26. The van der Waals surface area contributed by atoms with Crippen LogP contribution in [0.25, 0.3) is 0 Å². The first-order valence-corrected chi connectivity index (χ1v) is 4.05. The summed E-state index contributed by atoms with van der Waals surface area (Å²) in [6.45, 7) is -0.380. The number of aromatic nitrogens is 1. The number of pyridine rings is 1. The Morgan fingerprint density at radius 2 is 2.00 bits per heavy atom. The predicted octanol–water partition coefficient (Wildman–Crippen LogP) is 2.82. The van der Waals surface area contributed by atoms with Gasteiger partial charge in [-0.15, -0.1) is 0 Å². The molecule has 0 unspecified atom stereocenters. The van der Waals surface area contributed by atoms with E-state index in [2.05, 4.69) is 4.98 Å². The second-order valence-corrected chi connectivity index (χ2v) is 3.01. The Kier molecular flexibility index (Phi) is 3.41. The molecule has 1 aromatic heterocycles. The standard InChI is InChI=1S/C7H5Cl2F2NO/c8-4-3(2-13)1-12-6(5(4)9)7(10)11/h1,7,13H,2H2. The fourth-order valence-electron chi connectivity index (χ4n) is 0.777. The second kappa shape index (κ2) is 4.17. The van der Waals surface area contributed by atoms with Crippen LogP contribution in [0.3, 0.4) is 0 Å². The molecular formula is C7H5Cl2F2NO. The topological polar surface area (TPSA) is 33.1 Å². The highest BCUT2D eigenvalue weighted by Crippen LogP contribution is 2.32. The van der Waals surface area contributed by atoms with E-state index in [1.807, 2.05) is 0 Å². The quantitative estimate of drug-likeness (QED) is 0.844. The molecule has 0 amide bonds. The Balaban J connectivity index is 3.23. The van der Waals surface area contributed by atoms with E-state index >= 15 is 0 Å². The summed E-state index contributed by atoms with van der Waals surface area (Å²) in [5.41, 5.74) is -0.333. The van der Waals surface area contributed by atoms with Crippen molar-refractivity contribution < 1.29 is 13.9 Å². The summed E-state index contributed by atoms with van der Waals surface area (Å²) in [6.07, 6.45) is -1.69. The number of aliphatic hydroxyl groups is 1. The van der Waals surface area contributed by atoms with E-state index in [4.69, 9.17) is 28.3 Å². The molecule has 0 saturated carbocycles. The smallest absolute Gasteiger partial charge is 0.281 e. The maximum atomic E-state index is 12.2. The van der Waals surface area contributed by atoms with Crippen LogP contribution >= 0.6 is 23.2 Å². The summed E-state index contributed by atoms with van der Waals surface area (Å²) >= 11 is 11.1. The van der Waals surface area contributed by atoms with Crippen LogP contribution in [0.5, 0.6) is 0 Å². The fourth-order valence-corrected chi connectivity index (χ4v) is 1.23. The van der Waals surface area contributed by atoms with Crippen LogP contribution in [0.15, 0.2) is 6.20 Å². The number of hydrogen-bond donors (Lipinski definition) is 1. The minimum Gasteiger partial charge on any atom is -0.392 e. The van der Waals surface area contributed by atoms with Crippen molar-refractivity contribution in [1.82, 2.24) is 4.98 Å². The number of alkyl halides is 2. The van der Waals surface area contributed by atoms with Crippen LogP contribution < -0.4 is 0 Å². The van der Waals surface area contributed by atoms with Crippen LogP contribution in [0, 0.1) is 0 Å². The molecule has 1 N–H and O–H groups in total. The Labute approximate surface area is 83.1 Å². The van der Waals surface area contributed by atoms with Gasteiger partial charge in [-0.1, -0.05) is 23.2 Å². The molecule has 0 aliphatic heterocycles. The van der Waals surface area contributed by atoms with Crippen LogP contribution in [0.4, 0.5) is 8.78 Å². The molecule has 0 saturated heterocycles. The van der Waals surface area contributed by atoms with Gasteiger partial charge in [0.25, 0.3) is 6.43 Å². The van der Waals surface area contributed by atoms with Crippen molar-refractivity contribution in [2.75, 3.05) is 0 Å². The number of hydrogen-bond acceptors (Lipinski definition) is 2. The molecule has 13 heavy (non-hydrogen) atoms.